The lowest BCUT2D eigenvalue weighted by Gasteiger charge is -2.34. The number of alkyl halides is 3. The van der Waals surface area contributed by atoms with Gasteiger partial charge >= 0.3 is 18.1 Å². The van der Waals surface area contributed by atoms with Gasteiger partial charge in [-0.25, -0.2) is 14.6 Å². The van der Waals surface area contributed by atoms with E-state index in [-0.39, 0.29) is 24.0 Å². The second-order valence-corrected chi connectivity index (χ2v) is 13.4. The number of aliphatic carboxylic acids is 1. The summed E-state index contributed by atoms with van der Waals surface area (Å²) in [4.78, 5) is 43.1. The number of pyridine rings is 1. The van der Waals surface area contributed by atoms with Gasteiger partial charge in [0.25, 0.3) is 0 Å². The van der Waals surface area contributed by atoms with Crippen LogP contribution in [0.1, 0.15) is 69.8 Å². The van der Waals surface area contributed by atoms with Gasteiger partial charge in [-0.1, -0.05) is 68.2 Å². The highest BCUT2D eigenvalue weighted by Crippen LogP contribution is 2.37. The first-order chi connectivity index (χ1) is 25.0. The van der Waals surface area contributed by atoms with Crippen LogP contribution in [-0.4, -0.2) is 84.5 Å². The number of carboxylic acids is 1. The Balaban J connectivity index is 0.000000679. The fourth-order valence-electron chi connectivity index (χ4n) is 7.20. The van der Waals surface area contributed by atoms with Crippen LogP contribution in [0.4, 0.5) is 13.2 Å². The summed E-state index contributed by atoms with van der Waals surface area (Å²) in [6, 6.07) is 15.0. The molecule has 13 heteroatoms. The van der Waals surface area contributed by atoms with Crippen LogP contribution in [0, 0.1) is 5.92 Å². The van der Waals surface area contributed by atoms with E-state index in [2.05, 4.69) is 23.5 Å². The molecular formula is C39H46F3N3O7. The van der Waals surface area contributed by atoms with E-state index < -0.39 is 24.2 Å². The van der Waals surface area contributed by atoms with Crippen molar-refractivity contribution in [1.82, 2.24) is 15.2 Å². The summed E-state index contributed by atoms with van der Waals surface area (Å²) in [6.45, 7) is 1.09. The molecule has 280 valence electrons. The van der Waals surface area contributed by atoms with Crippen LogP contribution < -0.4 is 14.8 Å². The van der Waals surface area contributed by atoms with Crippen molar-refractivity contribution in [1.29, 1.82) is 0 Å². The number of ether oxygens (including phenoxy) is 3. The quantitative estimate of drug-likeness (QED) is 0.269. The summed E-state index contributed by atoms with van der Waals surface area (Å²) >= 11 is 0. The summed E-state index contributed by atoms with van der Waals surface area (Å²) < 4.78 is 49.5. The number of allylic oxidation sites excluding steroid dienone is 1. The van der Waals surface area contributed by atoms with E-state index in [4.69, 9.17) is 29.1 Å². The predicted molar refractivity (Wildman–Crippen MR) is 190 cm³/mol. The van der Waals surface area contributed by atoms with E-state index in [0.717, 1.165) is 91.4 Å². The Morgan fingerprint density at radius 1 is 1.00 bits per heavy atom. The van der Waals surface area contributed by atoms with Crippen LogP contribution in [-0.2, 0) is 19.1 Å². The topological polar surface area (TPSA) is 127 Å². The molecule has 10 nitrogen and oxygen atoms in total. The van der Waals surface area contributed by atoms with Crippen LogP contribution in [0.5, 0.6) is 11.5 Å². The van der Waals surface area contributed by atoms with Gasteiger partial charge in [0.15, 0.2) is 0 Å². The number of carbonyl (C=O) groups is 3. The second kappa shape index (κ2) is 17.7. The molecule has 3 atom stereocenters. The van der Waals surface area contributed by atoms with E-state index in [1.54, 1.807) is 12.0 Å². The highest BCUT2D eigenvalue weighted by atomic mass is 19.4. The third-order valence-electron chi connectivity index (χ3n) is 9.84. The molecule has 1 aromatic heterocycles. The number of hydrogen-bond donors (Lipinski definition) is 2. The normalized spacial score (nSPS) is 22.4. The molecule has 2 aromatic carbocycles. The molecule has 3 heterocycles. The average molecular weight is 726 g/mol. The molecule has 3 aromatic rings. The zero-order valence-corrected chi connectivity index (χ0v) is 29.5. The van der Waals surface area contributed by atoms with E-state index in [1.807, 2.05) is 42.5 Å². The van der Waals surface area contributed by atoms with Gasteiger partial charge in [-0.2, -0.15) is 13.2 Å². The first-order valence-electron chi connectivity index (χ1n) is 17.8. The second-order valence-electron chi connectivity index (χ2n) is 13.4. The van der Waals surface area contributed by atoms with Gasteiger partial charge in [0.1, 0.15) is 23.6 Å². The van der Waals surface area contributed by atoms with Crippen molar-refractivity contribution in [2.24, 2.45) is 5.92 Å². The minimum atomic E-state index is -5.08. The maximum absolute atomic E-state index is 14.3. The maximum atomic E-state index is 14.3. The minimum absolute atomic E-state index is 0.0102. The predicted octanol–water partition coefficient (Wildman–Crippen LogP) is 7.19. The number of halogens is 3. The molecule has 0 spiro atoms. The number of carbonyl (C=O) groups excluding carboxylic acids is 2. The van der Waals surface area contributed by atoms with Crippen molar-refractivity contribution in [2.45, 2.75) is 88.6 Å². The number of nitrogens with one attached hydrogen (secondary N) is 1. The fraction of sp³-hybridized carbons (Fsp3) is 0.487. The lowest BCUT2D eigenvalue weighted by Crippen LogP contribution is -2.54. The summed E-state index contributed by atoms with van der Waals surface area (Å²) in [5.41, 5.74) is 3.46. The first kappa shape index (κ1) is 38.6. The Bertz CT molecular complexity index is 1730. The van der Waals surface area contributed by atoms with Gasteiger partial charge in [0.2, 0.25) is 5.91 Å². The molecule has 1 saturated heterocycles. The molecule has 1 aliphatic carbocycles. The third kappa shape index (κ3) is 9.61. The van der Waals surface area contributed by atoms with Gasteiger partial charge in [0, 0.05) is 35.1 Å². The summed E-state index contributed by atoms with van der Waals surface area (Å²) in [7, 11) is 3.07. The molecule has 0 radical (unpaired) electrons. The zero-order valence-electron chi connectivity index (χ0n) is 29.5. The number of rotatable bonds is 4. The summed E-state index contributed by atoms with van der Waals surface area (Å²) in [6.07, 6.45) is 8.85. The number of fused-ring (bicyclic) bond motifs is 3. The van der Waals surface area contributed by atoms with Crippen molar-refractivity contribution in [2.75, 3.05) is 27.3 Å². The maximum Gasteiger partial charge on any atom is 0.490 e. The number of amides is 1. The van der Waals surface area contributed by atoms with Crippen LogP contribution in [0.3, 0.4) is 0 Å². The Hall–Kier alpha value is -4.65. The average Bonchev–Trinajstić information content (AvgIpc) is 3.57. The summed E-state index contributed by atoms with van der Waals surface area (Å²) in [5.74, 6) is -1.48. The molecule has 6 rings (SSSR count). The number of esters is 1. The lowest BCUT2D eigenvalue weighted by molar-refractivity contribution is -0.192. The van der Waals surface area contributed by atoms with E-state index in [9.17, 15) is 22.8 Å². The van der Waals surface area contributed by atoms with Crippen molar-refractivity contribution in [3.63, 3.8) is 0 Å². The Kier molecular flexibility index (Phi) is 13.1. The van der Waals surface area contributed by atoms with Gasteiger partial charge in [0.05, 0.1) is 38.0 Å². The smallest absolute Gasteiger partial charge is 0.490 e. The number of nitrogens with zero attached hydrogens (tertiary/aromatic N) is 2. The van der Waals surface area contributed by atoms with Crippen molar-refractivity contribution < 1.29 is 46.9 Å². The Morgan fingerprint density at radius 2 is 1.71 bits per heavy atom. The van der Waals surface area contributed by atoms with Crippen molar-refractivity contribution in [3.05, 3.63) is 60.2 Å². The number of hydrogen-bond acceptors (Lipinski definition) is 8. The van der Waals surface area contributed by atoms with Crippen molar-refractivity contribution >= 4 is 34.8 Å². The molecule has 1 saturated carbocycles. The molecule has 4 bridgehead atoms. The number of methoxy groups -OCH3 is 2. The Labute approximate surface area is 301 Å². The highest BCUT2D eigenvalue weighted by molar-refractivity contribution is 5.92. The molecule has 2 aliphatic heterocycles. The van der Waals surface area contributed by atoms with E-state index >= 15 is 0 Å². The summed E-state index contributed by atoms with van der Waals surface area (Å²) in [5, 5.41) is 11.6. The zero-order chi connectivity index (χ0) is 37.3. The SMILES string of the molecule is COC(=O)[C@@H]1C[C@@H]2CN1C(=O)[C@H](C1CCCCC1)NCCCCC/C=C/c1cc3c(cc(-c4ccccc4)nc3cc1OC)O2.O=C(O)C(F)(F)F. The molecule has 2 N–H and O–H groups in total. The van der Waals surface area contributed by atoms with Gasteiger partial charge in [-0.15, -0.1) is 0 Å². The Morgan fingerprint density at radius 3 is 2.38 bits per heavy atom. The number of carboxylic acid groups (broad SMARTS) is 1. The molecule has 3 aliphatic rings. The van der Waals surface area contributed by atoms with Crippen molar-refractivity contribution in [3.8, 4) is 22.8 Å². The van der Waals surface area contributed by atoms with Crippen LogP contribution >= 0.6 is 0 Å². The van der Waals surface area contributed by atoms with Gasteiger partial charge in [-0.05, 0) is 50.6 Å². The largest absolute Gasteiger partial charge is 0.496 e. The lowest BCUT2D eigenvalue weighted by atomic mass is 9.83. The highest BCUT2D eigenvalue weighted by Gasteiger charge is 2.45. The monoisotopic (exact) mass is 725 g/mol. The van der Waals surface area contributed by atoms with E-state index in [1.165, 1.54) is 13.5 Å². The third-order valence-corrected chi connectivity index (χ3v) is 9.84. The number of benzene rings is 2. The van der Waals surface area contributed by atoms with Gasteiger partial charge < -0.3 is 29.5 Å². The fourth-order valence-corrected chi connectivity index (χ4v) is 7.20. The molecule has 52 heavy (non-hydrogen) atoms. The molecule has 2 fully saturated rings. The standard InChI is InChI=1S/C37H45N3O5.C2HF3O2/c1-43-33-23-31-29-20-27(33)18-8-4-3-5-13-19-38-35(26-16-11-7-12-17-26)36(41)40-24-28(21-32(40)37(42)44-2)45-34(29)22-30(39-31)25-14-9-6-10-15-25;3-2(4,5)1(6)7/h6,8-10,14-15,18,20,22-23,26,28,32,35,38H,3-5,7,11-13,16-17,19,21,24H2,1-2H3;(H,6,7)/b18-8+;/t28-,32+,35+;/m1./s1. The van der Waals surface area contributed by atoms with Gasteiger partial charge in [-0.3, -0.25) is 4.79 Å². The minimum Gasteiger partial charge on any atom is -0.496 e. The van der Waals surface area contributed by atoms with Crippen LogP contribution in [0.2, 0.25) is 0 Å². The van der Waals surface area contributed by atoms with Crippen LogP contribution in [0.25, 0.3) is 28.2 Å². The number of aromatic nitrogens is 1. The van der Waals surface area contributed by atoms with E-state index in [0.29, 0.717) is 18.7 Å². The first-order valence-corrected chi connectivity index (χ1v) is 17.8. The molecule has 0 unspecified atom stereocenters. The molecular weight excluding hydrogens is 679 g/mol. The molecule has 1 amide bonds. The van der Waals surface area contributed by atoms with Crippen LogP contribution in [0.15, 0.2) is 54.6 Å².